The third-order valence-corrected chi connectivity index (χ3v) is 4.65. The number of para-hydroxylation sites is 1. The fourth-order valence-electron chi connectivity index (χ4n) is 3.32. The van der Waals surface area contributed by atoms with Crippen molar-refractivity contribution in [2.45, 2.75) is 27.3 Å². The average Bonchev–Trinajstić information content (AvgIpc) is 2.91. The van der Waals surface area contributed by atoms with Crippen LogP contribution in [0.2, 0.25) is 0 Å². The molecule has 0 radical (unpaired) electrons. The van der Waals surface area contributed by atoms with Crippen molar-refractivity contribution in [2.75, 3.05) is 18.5 Å². The van der Waals surface area contributed by atoms with Crippen LogP contribution < -0.4 is 14.8 Å². The Kier molecular flexibility index (Phi) is 4.03. The fraction of sp³-hybridized carbons (Fsp3) is 0.300. The zero-order valence-corrected chi connectivity index (χ0v) is 15.1. The third-order valence-electron chi connectivity index (χ3n) is 4.65. The number of nitrogens with one attached hydrogen (secondary N) is 1. The van der Waals surface area contributed by atoms with E-state index in [1.165, 1.54) is 0 Å². The van der Waals surface area contributed by atoms with Gasteiger partial charge < -0.3 is 19.4 Å². The first-order chi connectivity index (χ1) is 12.5. The molecule has 0 aliphatic carbocycles. The molecule has 1 aliphatic rings. The zero-order valence-electron chi connectivity index (χ0n) is 15.1. The summed E-state index contributed by atoms with van der Waals surface area (Å²) in [5.41, 5.74) is 4.62. The number of hydrogen-bond donors (Lipinski definition) is 1. The molecule has 2 heterocycles. The highest BCUT2D eigenvalue weighted by Crippen LogP contribution is 2.34. The minimum Gasteiger partial charge on any atom is -0.486 e. The van der Waals surface area contributed by atoms with Gasteiger partial charge in [-0.25, -0.2) is 4.98 Å². The summed E-state index contributed by atoms with van der Waals surface area (Å²) in [6.07, 6.45) is 0. The molecule has 0 saturated heterocycles. The molecule has 1 aliphatic heterocycles. The van der Waals surface area contributed by atoms with Gasteiger partial charge in [-0.3, -0.25) is 4.79 Å². The summed E-state index contributed by atoms with van der Waals surface area (Å²) < 4.78 is 13.2. The molecule has 0 atom stereocenters. The van der Waals surface area contributed by atoms with Crippen LogP contribution >= 0.6 is 0 Å². The zero-order chi connectivity index (χ0) is 18.3. The van der Waals surface area contributed by atoms with Gasteiger partial charge in [0.1, 0.15) is 25.6 Å². The normalized spacial score (nSPS) is 13.0. The second-order valence-corrected chi connectivity index (χ2v) is 6.54. The molecule has 4 rings (SSSR count). The van der Waals surface area contributed by atoms with Gasteiger partial charge >= 0.3 is 0 Å². The topological polar surface area (TPSA) is 65.4 Å². The van der Waals surface area contributed by atoms with Crippen LogP contribution in [0.3, 0.4) is 0 Å². The lowest BCUT2D eigenvalue weighted by Gasteiger charge is -2.18. The SMILES string of the molecule is Cc1cccc(C)c1NC(=O)Cn1c(C)nc2cc3c(cc21)OCCO3. The lowest BCUT2D eigenvalue weighted by molar-refractivity contribution is -0.116. The second-order valence-electron chi connectivity index (χ2n) is 6.54. The van der Waals surface area contributed by atoms with E-state index in [9.17, 15) is 4.79 Å². The standard InChI is InChI=1S/C20H21N3O3/c1-12-5-4-6-13(2)20(12)22-19(24)11-23-14(3)21-15-9-17-18(10-16(15)23)26-8-7-25-17/h4-6,9-10H,7-8,11H2,1-3H3,(H,22,24). The first kappa shape index (κ1) is 16.4. The van der Waals surface area contributed by atoms with Gasteiger partial charge in [0.25, 0.3) is 0 Å². The number of imidazole rings is 1. The maximum absolute atomic E-state index is 12.7. The largest absolute Gasteiger partial charge is 0.486 e. The number of aromatic nitrogens is 2. The molecule has 0 bridgehead atoms. The Hall–Kier alpha value is -3.02. The molecule has 6 heteroatoms. The number of rotatable bonds is 3. The minimum atomic E-state index is -0.0836. The van der Waals surface area contributed by atoms with E-state index in [2.05, 4.69) is 10.3 Å². The lowest BCUT2D eigenvalue weighted by Crippen LogP contribution is -2.20. The smallest absolute Gasteiger partial charge is 0.244 e. The Labute approximate surface area is 151 Å². The van der Waals surface area contributed by atoms with Crippen molar-refractivity contribution in [1.82, 2.24) is 9.55 Å². The molecular formula is C20H21N3O3. The molecule has 1 aromatic heterocycles. The monoisotopic (exact) mass is 351 g/mol. The van der Waals surface area contributed by atoms with Crippen LogP contribution in [0.1, 0.15) is 17.0 Å². The Morgan fingerprint density at radius 1 is 1.12 bits per heavy atom. The van der Waals surface area contributed by atoms with Gasteiger partial charge in [-0.15, -0.1) is 0 Å². The lowest BCUT2D eigenvalue weighted by atomic mass is 10.1. The number of fused-ring (bicyclic) bond motifs is 2. The number of amides is 1. The molecule has 2 aromatic carbocycles. The number of anilines is 1. The summed E-state index contributed by atoms with van der Waals surface area (Å²) in [5.74, 6) is 2.09. The molecular weight excluding hydrogens is 330 g/mol. The first-order valence-electron chi connectivity index (χ1n) is 8.65. The highest BCUT2D eigenvalue weighted by atomic mass is 16.6. The van der Waals surface area contributed by atoms with Crippen LogP contribution in [-0.2, 0) is 11.3 Å². The summed E-state index contributed by atoms with van der Waals surface area (Å²) in [7, 11) is 0. The van der Waals surface area contributed by atoms with E-state index in [1.807, 2.05) is 55.7 Å². The molecule has 6 nitrogen and oxygen atoms in total. The summed E-state index contributed by atoms with van der Waals surface area (Å²) in [6, 6.07) is 9.74. The van der Waals surface area contributed by atoms with E-state index >= 15 is 0 Å². The van der Waals surface area contributed by atoms with Gasteiger partial charge in [0.2, 0.25) is 5.91 Å². The summed E-state index contributed by atoms with van der Waals surface area (Å²) >= 11 is 0. The number of benzene rings is 2. The van der Waals surface area contributed by atoms with Crippen molar-refractivity contribution < 1.29 is 14.3 Å². The van der Waals surface area contributed by atoms with Crippen molar-refractivity contribution in [1.29, 1.82) is 0 Å². The summed E-state index contributed by atoms with van der Waals surface area (Å²) in [4.78, 5) is 17.2. The number of hydrogen-bond acceptors (Lipinski definition) is 4. The van der Waals surface area contributed by atoms with Gasteiger partial charge in [-0.2, -0.15) is 0 Å². The average molecular weight is 351 g/mol. The molecule has 0 unspecified atom stereocenters. The molecule has 26 heavy (non-hydrogen) atoms. The van der Waals surface area contributed by atoms with Gasteiger partial charge in [0.05, 0.1) is 11.0 Å². The molecule has 134 valence electrons. The molecule has 0 saturated carbocycles. The minimum absolute atomic E-state index is 0.0836. The van der Waals surface area contributed by atoms with E-state index in [0.717, 1.165) is 33.7 Å². The Balaban J connectivity index is 1.64. The maximum atomic E-state index is 12.7. The van der Waals surface area contributed by atoms with Gasteiger partial charge in [-0.1, -0.05) is 18.2 Å². The number of aryl methyl sites for hydroxylation is 3. The number of carbonyl (C=O) groups excluding carboxylic acids is 1. The van der Waals surface area contributed by atoms with E-state index in [-0.39, 0.29) is 12.5 Å². The predicted octanol–water partition coefficient (Wildman–Crippen LogP) is 3.37. The predicted molar refractivity (Wildman–Crippen MR) is 100 cm³/mol. The van der Waals surface area contributed by atoms with E-state index in [4.69, 9.17) is 9.47 Å². The fourth-order valence-corrected chi connectivity index (χ4v) is 3.32. The quantitative estimate of drug-likeness (QED) is 0.786. The van der Waals surface area contributed by atoms with Crippen LogP contribution in [0.25, 0.3) is 11.0 Å². The number of carbonyl (C=O) groups is 1. The van der Waals surface area contributed by atoms with Crippen molar-refractivity contribution in [3.63, 3.8) is 0 Å². The van der Waals surface area contributed by atoms with Crippen molar-refractivity contribution in [2.24, 2.45) is 0 Å². The number of ether oxygens (including phenoxy) is 2. The van der Waals surface area contributed by atoms with Gasteiger partial charge in [0.15, 0.2) is 11.5 Å². The van der Waals surface area contributed by atoms with Crippen molar-refractivity contribution >= 4 is 22.6 Å². The highest BCUT2D eigenvalue weighted by molar-refractivity contribution is 5.93. The first-order valence-corrected chi connectivity index (χ1v) is 8.65. The molecule has 0 fully saturated rings. The van der Waals surface area contributed by atoms with E-state index in [0.29, 0.717) is 24.7 Å². The second kappa shape index (κ2) is 6.37. The third kappa shape index (κ3) is 2.87. The van der Waals surface area contributed by atoms with E-state index in [1.54, 1.807) is 0 Å². The van der Waals surface area contributed by atoms with Crippen molar-refractivity contribution in [3.05, 3.63) is 47.3 Å². The Morgan fingerprint density at radius 2 is 1.77 bits per heavy atom. The van der Waals surface area contributed by atoms with Crippen LogP contribution in [0.5, 0.6) is 11.5 Å². The van der Waals surface area contributed by atoms with Crippen molar-refractivity contribution in [3.8, 4) is 11.5 Å². The van der Waals surface area contributed by atoms with Crippen LogP contribution in [0.15, 0.2) is 30.3 Å². The Morgan fingerprint density at radius 3 is 2.46 bits per heavy atom. The van der Waals surface area contributed by atoms with Crippen LogP contribution in [0.4, 0.5) is 5.69 Å². The molecule has 1 amide bonds. The summed E-state index contributed by atoms with van der Waals surface area (Å²) in [5, 5.41) is 3.03. The summed E-state index contributed by atoms with van der Waals surface area (Å²) in [6.45, 7) is 7.13. The molecule has 0 spiro atoms. The Bertz CT molecular complexity index is 987. The van der Waals surface area contributed by atoms with Crippen LogP contribution in [0, 0.1) is 20.8 Å². The molecule has 3 aromatic rings. The van der Waals surface area contributed by atoms with Gasteiger partial charge in [-0.05, 0) is 31.9 Å². The maximum Gasteiger partial charge on any atom is 0.244 e. The van der Waals surface area contributed by atoms with Gasteiger partial charge in [0, 0.05) is 17.8 Å². The highest BCUT2D eigenvalue weighted by Gasteiger charge is 2.18. The van der Waals surface area contributed by atoms with E-state index < -0.39 is 0 Å². The number of nitrogens with zero attached hydrogens (tertiary/aromatic N) is 2. The van der Waals surface area contributed by atoms with Crippen LogP contribution in [-0.4, -0.2) is 28.7 Å². The molecule has 1 N–H and O–H groups in total.